The number of terminal acetylenes is 1. The van der Waals surface area contributed by atoms with E-state index in [0.717, 1.165) is 13.2 Å². The van der Waals surface area contributed by atoms with Crippen molar-refractivity contribution in [1.29, 1.82) is 0 Å². The Hall–Kier alpha value is -3.27. The van der Waals surface area contributed by atoms with E-state index in [4.69, 9.17) is 46.1 Å². The first-order valence-electron chi connectivity index (χ1n) is 13.5. The van der Waals surface area contributed by atoms with Gasteiger partial charge in [0, 0.05) is 32.1 Å². The van der Waals surface area contributed by atoms with Crippen LogP contribution in [0.2, 0.25) is 0 Å². The van der Waals surface area contributed by atoms with Gasteiger partial charge in [-0.1, -0.05) is 0 Å². The lowest BCUT2D eigenvalue weighted by molar-refractivity contribution is -0.195. The van der Waals surface area contributed by atoms with Crippen molar-refractivity contribution in [2.45, 2.75) is 56.6 Å². The Labute approximate surface area is 255 Å². The van der Waals surface area contributed by atoms with Gasteiger partial charge in [0.2, 0.25) is 12.2 Å². The molecule has 1 aromatic carbocycles. The number of aliphatic hydroxyl groups excluding tert-OH is 2. The number of aldehydes is 1. The van der Waals surface area contributed by atoms with Crippen molar-refractivity contribution in [2.24, 2.45) is 5.73 Å². The molecule has 0 radical (unpaired) electrons. The number of carbonyl (C=O) groups excluding carboxylic acids is 2. The van der Waals surface area contributed by atoms with Crippen LogP contribution >= 0.6 is 0 Å². The standard InChI is InChI=1S/C20H24F2N2O6.C7H15NO4.CH4O/c1-3-4-5-14(23-2)19(26)24-11-6-7-15(13(8-11)18(21)22)29-17-10-12(25)9-16(30-17)20(27)28;8-7-12-6-5-11-4-3-10-2-1-9;1-2/h1,6-8,12,14,16-18,23,25H,4-5,9-10H2,2H3,(H,24,26)(H,27,28);1H,2-8H2;2H,1H3. The van der Waals surface area contributed by atoms with Crippen molar-refractivity contribution in [3.05, 3.63) is 23.8 Å². The average Bonchev–Trinajstić information content (AvgIpc) is 3.00. The van der Waals surface area contributed by atoms with Gasteiger partial charge in [-0.15, -0.1) is 12.3 Å². The predicted octanol–water partition coefficient (Wildman–Crippen LogP) is 0.653. The normalized spacial score (nSPS) is 18.0. The van der Waals surface area contributed by atoms with Crippen molar-refractivity contribution < 1.29 is 62.2 Å². The highest BCUT2D eigenvalue weighted by Gasteiger charge is 2.34. The highest BCUT2D eigenvalue weighted by atomic mass is 19.3. The number of anilines is 1. The van der Waals surface area contributed by atoms with Gasteiger partial charge in [0.1, 0.15) is 18.6 Å². The van der Waals surface area contributed by atoms with E-state index in [2.05, 4.69) is 16.6 Å². The Morgan fingerprint density at radius 1 is 1.18 bits per heavy atom. The van der Waals surface area contributed by atoms with Crippen molar-refractivity contribution >= 4 is 23.9 Å². The number of halogens is 2. The number of ether oxygens (including phenoxy) is 5. The number of carboxylic acid groups (broad SMARTS) is 1. The second kappa shape index (κ2) is 25.1. The van der Waals surface area contributed by atoms with E-state index in [1.807, 2.05) is 0 Å². The maximum atomic E-state index is 13.6. The minimum atomic E-state index is -2.93. The molecule has 2 rings (SSSR count). The first kappa shape index (κ1) is 40.7. The fraction of sp³-hybridized carbons (Fsp3) is 0.607. The van der Waals surface area contributed by atoms with Crippen molar-refractivity contribution in [2.75, 3.05) is 59.2 Å². The van der Waals surface area contributed by atoms with Gasteiger partial charge in [-0.05, 0) is 31.7 Å². The molecule has 7 N–H and O–H groups in total. The molecule has 0 aromatic heterocycles. The summed E-state index contributed by atoms with van der Waals surface area (Å²) in [6, 6.07) is 3.09. The fourth-order valence-electron chi connectivity index (χ4n) is 3.56. The molecule has 0 bridgehead atoms. The van der Waals surface area contributed by atoms with Crippen LogP contribution in [0.3, 0.4) is 0 Å². The predicted molar refractivity (Wildman–Crippen MR) is 154 cm³/mol. The van der Waals surface area contributed by atoms with Crippen LogP contribution in [0, 0.1) is 12.3 Å². The Morgan fingerprint density at radius 2 is 1.84 bits per heavy atom. The van der Waals surface area contributed by atoms with Gasteiger partial charge < -0.3 is 60.2 Å². The van der Waals surface area contributed by atoms with E-state index in [9.17, 15) is 28.3 Å². The number of benzene rings is 1. The molecule has 4 unspecified atom stereocenters. The van der Waals surface area contributed by atoms with E-state index in [0.29, 0.717) is 45.6 Å². The molecule has 44 heavy (non-hydrogen) atoms. The summed E-state index contributed by atoms with van der Waals surface area (Å²) < 4.78 is 52.5. The lowest BCUT2D eigenvalue weighted by Gasteiger charge is -2.31. The maximum Gasteiger partial charge on any atom is 0.333 e. The molecular formula is C28H43F2N3O11. The third-order valence-corrected chi connectivity index (χ3v) is 5.60. The third kappa shape index (κ3) is 17.1. The molecule has 0 aliphatic carbocycles. The van der Waals surface area contributed by atoms with E-state index < -0.39 is 48.4 Å². The number of aliphatic carboxylic acids is 1. The van der Waals surface area contributed by atoms with E-state index in [1.54, 1.807) is 7.05 Å². The SMILES string of the molecule is C#CCCC(NC)C(=O)Nc1ccc(OC2CC(O)CC(C(=O)O)O2)c(C(F)F)c1.CO.NCOCCOCCOCC=O. The molecule has 250 valence electrons. The molecule has 0 saturated carbocycles. The number of rotatable bonds is 18. The number of carbonyl (C=O) groups is 3. The van der Waals surface area contributed by atoms with Gasteiger partial charge >= 0.3 is 5.97 Å². The van der Waals surface area contributed by atoms with Crippen LogP contribution in [0.5, 0.6) is 5.75 Å². The van der Waals surface area contributed by atoms with Gasteiger partial charge in [0.15, 0.2) is 6.10 Å². The summed E-state index contributed by atoms with van der Waals surface area (Å²) in [6.07, 6.45) is 0.0496. The molecule has 16 heteroatoms. The minimum absolute atomic E-state index is 0.0655. The minimum Gasteiger partial charge on any atom is -0.479 e. The Kier molecular flexibility index (Phi) is 23.2. The molecule has 14 nitrogen and oxygen atoms in total. The van der Waals surface area contributed by atoms with Gasteiger partial charge in [0.05, 0.1) is 50.9 Å². The van der Waals surface area contributed by atoms with Crippen molar-refractivity contribution in [3.8, 4) is 18.1 Å². The molecule has 1 saturated heterocycles. The van der Waals surface area contributed by atoms with Crippen molar-refractivity contribution in [3.63, 3.8) is 0 Å². The zero-order valence-corrected chi connectivity index (χ0v) is 24.8. The van der Waals surface area contributed by atoms with Crippen LogP contribution in [0.25, 0.3) is 0 Å². The van der Waals surface area contributed by atoms with E-state index in [1.165, 1.54) is 12.1 Å². The van der Waals surface area contributed by atoms with Gasteiger partial charge in [0.25, 0.3) is 6.43 Å². The number of amides is 1. The molecule has 1 amide bonds. The number of aliphatic hydroxyl groups is 2. The Balaban J connectivity index is 0.00000111. The Bertz CT molecular complexity index is 998. The molecule has 1 aliphatic rings. The van der Waals surface area contributed by atoms with Crippen LogP contribution < -0.4 is 21.1 Å². The summed E-state index contributed by atoms with van der Waals surface area (Å²) in [5.41, 5.74) is 4.70. The quantitative estimate of drug-likeness (QED) is 0.0568. The van der Waals surface area contributed by atoms with Gasteiger partial charge in [-0.3, -0.25) is 4.79 Å². The molecule has 1 aliphatic heterocycles. The second-order valence-corrected chi connectivity index (χ2v) is 8.69. The van der Waals surface area contributed by atoms with Gasteiger partial charge in [-0.25, -0.2) is 13.6 Å². The molecule has 0 spiro atoms. The molecule has 1 aromatic rings. The number of hydrogen-bond acceptors (Lipinski definition) is 12. The summed E-state index contributed by atoms with van der Waals surface area (Å²) in [5, 5.41) is 31.2. The molecule has 4 atom stereocenters. The smallest absolute Gasteiger partial charge is 0.333 e. The Morgan fingerprint density at radius 3 is 2.41 bits per heavy atom. The molecule has 1 fully saturated rings. The molecular weight excluding hydrogens is 592 g/mol. The van der Waals surface area contributed by atoms with Crippen LogP contribution in [0.1, 0.15) is 37.7 Å². The van der Waals surface area contributed by atoms with Crippen LogP contribution in [-0.2, 0) is 33.3 Å². The van der Waals surface area contributed by atoms with Crippen molar-refractivity contribution in [1.82, 2.24) is 5.32 Å². The largest absolute Gasteiger partial charge is 0.479 e. The first-order chi connectivity index (χ1) is 21.2. The monoisotopic (exact) mass is 635 g/mol. The second-order valence-electron chi connectivity index (χ2n) is 8.69. The van der Waals surface area contributed by atoms with E-state index in [-0.39, 0.29) is 37.6 Å². The zero-order valence-electron chi connectivity index (χ0n) is 24.8. The number of likely N-dealkylation sites (N-methyl/N-ethyl adjacent to an activating group) is 1. The number of nitrogens with one attached hydrogen (secondary N) is 2. The van der Waals surface area contributed by atoms with Crippen LogP contribution in [0.15, 0.2) is 18.2 Å². The fourth-order valence-corrected chi connectivity index (χ4v) is 3.56. The highest BCUT2D eigenvalue weighted by Crippen LogP contribution is 2.34. The number of carboxylic acids is 1. The number of hydrogen-bond donors (Lipinski definition) is 6. The third-order valence-electron chi connectivity index (χ3n) is 5.60. The highest BCUT2D eigenvalue weighted by molar-refractivity contribution is 5.95. The summed E-state index contributed by atoms with van der Waals surface area (Å²) >= 11 is 0. The topological polar surface area (TPSA) is 208 Å². The molecule has 1 heterocycles. The number of nitrogens with two attached hydrogens (primary N) is 1. The lowest BCUT2D eigenvalue weighted by Crippen LogP contribution is -2.42. The maximum absolute atomic E-state index is 13.6. The summed E-state index contributed by atoms with van der Waals surface area (Å²) in [4.78, 5) is 33.2. The lowest BCUT2D eigenvalue weighted by atomic mass is 10.1. The summed E-state index contributed by atoms with van der Waals surface area (Å²) in [6.45, 7) is 2.24. The summed E-state index contributed by atoms with van der Waals surface area (Å²) in [7, 11) is 2.59. The first-order valence-corrected chi connectivity index (χ1v) is 13.5. The van der Waals surface area contributed by atoms with Crippen LogP contribution in [-0.4, -0.2) is 112 Å². The van der Waals surface area contributed by atoms with Crippen LogP contribution in [0.4, 0.5) is 14.5 Å². The average molecular weight is 636 g/mol. The zero-order chi connectivity index (χ0) is 33.3. The van der Waals surface area contributed by atoms with Gasteiger partial charge in [-0.2, -0.15) is 0 Å². The van der Waals surface area contributed by atoms with E-state index >= 15 is 0 Å². The summed E-state index contributed by atoms with van der Waals surface area (Å²) in [5.74, 6) is 0.494. The number of alkyl halides is 2.